The highest BCUT2D eigenvalue weighted by Crippen LogP contribution is 2.25. The molecule has 3 aliphatic heterocycles. The Morgan fingerprint density at radius 1 is 0.794 bits per heavy atom. The zero-order valence-corrected chi connectivity index (χ0v) is 21.6. The van der Waals surface area contributed by atoms with Crippen molar-refractivity contribution in [1.82, 2.24) is 19.8 Å². The summed E-state index contributed by atoms with van der Waals surface area (Å²) in [5.74, 6) is 0.366. The second-order valence-electron chi connectivity index (χ2n) is 10.9. The fourth-order valence-electron chi connectivity index (χ4n) is 5.19. The van der Waals surface area contributed by atoms with Gasteiger partial charge in [-0.05, 0) is 65.2 Å². The molecule has 0 spiro atoms. The summed E-state index contributed by atoms with van der Waals surface area (Å²) < 4.78 is 10.3. The Labute approximate surface area is 204 Å². The second kappa shape index (κ2) is 12.2. The summed E-state index contributed by atoms with van der Waals surface area (Å²) in [7, 11) is 1.43. The van der Waals surface area contributed by atoms with Crippen molar-refractivity contribution in [3.05, 3.63) is 0 Å². The average Bonchev–Trinajstić information content (AvgIpc) is 2.83. The van der Waals surface area contributed by atoms with Gasteiger partial charge in [0.25, 0.3) is 0 Å². The molecule has 3 aliphatic rings. The molecule has 0 aromatic heterocycles. The molecule has 3 saturated heterocycles. The monoisotopic (exact) mass is 480 g/mol. The van der Waals surface area contributed by atoms with Gasteiger partial charge in [0.15, 0.2) is 0 Å². The molecule has 34 heavy (non-hydrogen) atoms. The van der Waals surface area contributed by atoms with Crippen molar-refractivity contribution in [2.45, 2.75) is 71.3 Å². The molecule has 9 heteroatoms. The van der Waals surface area contributed by atoms with Crippen molar-refractivity contribution in [2.24, 2.45) is 11.8 Å². The summed E-state index contributed by atoms with van der Waals surface area (Å²) in [5, 5.41) is 4.70. The number of piperazine rings is 1. The van der Waals surface area contributed by atoms with Crippen molar-refractivity contribution >= 4 is 18.0 Å². The lowest BCUT2D eigenvalue weighted by Gasteiger charge is -2.45. The highest BCUT2D eigenvalue weighted by atomic mass is 16.6. The van der Waals surface area contributed by atoms with Gasteiger partial charge in [-0.3, -0.25) is 9.59 Å². The normalized spacial score (nSPS) is 22.0. The molecular formula is C25H44N4O5. The van der Waals surface area contributed by atoms with E-state index in [2.05, 4.69) is 10.0 Å². The number of ether oxygens (including phenoxy) is 2. The maximum absolute atomic E-state index is 13.0. The van der Waals surface area contributed by atoms with Crippen LogP contribution in [0, 0.1) is 11.8 Å². The van der Waals surface area contributed by atoms with Gasteiger partial charge in [0.2, 0.25) is 0 Å². The number of hydrogen-bond donors (Lipinski definition) is 0. The molecular weight excluding hydrogens is 436 g/mol. The molecule has 2 amide bonds. The number of carbonyl (C=O) groups is 3. The van der Waals surface area contributed by atoms with Crippen molar-refractivity contribution < 1.29 is 23.9 Å². The molecule has 3 rings (SSSR count). The standard InChI is InChI=1S/C25H44N4O5/c1-25(2,3)34-23(31)21-10-14-28(15-11-21)29-18-16-27(17-19-29)24(32)26-12-8-20(9-13-26)6-5-7-22(30)33-4/h20-21H,5-19H2,1-4H3. The number of likely N-dealkylation sites (tertiary alicyclic amines) is 1. The molecule has 0 radical (unpaired) electrons. The Hall–Kier alpha value is -1.87. The lowest BCUT2D eigenvalue weighted by atomic mass is 9.91. The van der Waals surface area contributed by atoms with Gasteiger partial charge in [-0.2, -0.15) is 0 Å². The number of urea groups is 1. The number of hydrazine groups is 1. The average molecular weight is 481 g/mol. The van der Waals surface area contributed by atoms with Crippen LogP contribution >= 0.6 is 0 Å². The van der Waals surface area contributed by atoms with Gasteiger partial charge in [0.1, 0.15) is 5.60 Å². The third-order valence-electron chi connectivity index (χ3n) is 7.24. The van der Waals surface area contributed by atoms with Crippen LogP contribution in [-0.2, 0) is 19.1 Å². The molecule has 3 heterocycles. The molecule has 0 N–H and O–H groups in total. The van der Waals surface area contributed by atoms with Gasteiger partial charge < -0.3 is 19.3 Å². The first-order chi connectivity index (χ1) is 16.2. The summed E-state index contributed by atoms with van der Waals surface area (Å²) in [4.78, 5) is 40.6. The van der Waals surface area contributed by atoms with Crippen LogP contribution in [0.2, 0.25) is 0 Å². The number of amides is 2. The second-order valence-corrected chi connectivity index (χ2v) is 10.9. The molecule has 0 saturated carbocycles. The third kappa shape index (κ3) is 7.83. The van der Waals surface area contributed by atoms with E-state index in [9.17, 15) is 14.4 Å². The molecule has 194 valence electrons. The molecule has 0 unspecified atom stereocenters. The molecule has 0 aromatic rings. The first kappa shape index (κ1) is 26.7. The maximum atomic E-state index is 13.0. The number of esters is 2. The zero-order chi connectivity index (χ0) is 24.7. The van der Waals surface area contributed by atoms with Gasteiger partial charge in [0, 0.05) is 58.8 Å². The lowest BCUT2D eigenvalue weighted by Crippen LogP contribution is -2.59. The van der Waals surface area contributed by atoms with Crippen molar-refractivity contribution in [3.63, 3.8) is 0 Å². The van der Waals surface area contributed by atoms with E-state index >= 15 is 0 Å². The minimum absolute atomic E-state index is 0.0123. The number of piperidine rings is 2. The largest absolute Gasteiger partial charge is 0.469 e. The first-order valence-electron chi connectivity index (χ1n) is 13.0. The molecule has 0 atom stereocenters. The lowest BCUT2D eigenvalue weighted by molar-refractivity contribution is -0.164. The molecule has 3 fully saturated rings. The zero-order valence-electron chi connectivity index (χ0n) is 21.6. The van der Waals surface area contributed by atoms with Gasteiger partial charge in [-0.25, -0.2) is 14.8 Å². The van der Waals surface area contributed by atoms with Crippen molar-refractivity contribution in [1.29, 1.82) is 0 Å². The predicted molar refractivity (Wildman–Crippen MR) is 129 cm³/mol. The van der Waals surface area contributed by atoms with E-state index in [4.69, 9.17) is 9.47 Å². The Morgan fingerprint density at radius 2 is 1.35 bits per heavy atom. The van der Waals surface area contributed by atoms with Crippen LogP contribution < -0.4 is 0 Å². The number of rotatable bonds is 6. The van der Waals surface area contributed by atoms with E-state index in [0.717, 1.165) is 90.9 Å². The summed E-state index contributed by atoms with van der Waals surface area (Å²) in [5.41, 5.74) is -0.434. The summed E-state index contributed by atoms with van der Waals surface area (Å²) in [6.07, 6.45) is 6.05. The van der Waals surface area contributed by atoms with Crippen molar-refractivity contribution in [2.75, 3.05) is 59.5 Å². The molecule has 0 bridgehead atoms. The smallest absolute Gasteiger partial charge is 0.320 e. The summed E-state index contributed by atoms with van der Waals surface area (Å²) in [6.45, 7) is 12.2. The van der Waals surface area contributed by atoms with Crippen LogP contribution in [0.25, 0.3) is 0 Å². The van der Waals surface area contributed by atoms with Crippen molar-refractivity contribution in [3.8, 4) is 0 Å². The Balaban J connectivity index is 1.33. The van der Waals surface area contributed by atoms with Crippen LogP contribution in [-0.4, -0.2) is 103 Å². The molecule has 0 aliphatic carbocycles. The van der Waals surface area contributed by atoms with E-state index in [0.29, 0.717) is 12.3 Å². The number of carbonyl (C=O) groups excluding carboxylic acids is 3. The number of methoxy groups -OCH3 is 1. The topological polar surface area (TPSA) is 82.6 Å². The Bertz CT molecular complexity index is 686. The van der Waals surface area contributed by atoms with Gasteiger partial charge >= 0.3 is 18.0 Å². The van der Waals surface area contributed by atoms with Gasteiger partial charge in [-0.1, -0.05) is 0 Å². The van der Waals surface area contributed by atoms with E-state index in [1.54, 1.807) is 0 Å². The number of hydrogen-bond acceptors (Lipinski definition) is 7. The first-order valence-corrected chi connectivity index (χ1v) is 13.0. The highest BCUT2D eigenvalue weighted by molar-refractivity contribution is 5.74. The Morgan fingerprint density at radius 3 is 1.91 bits per heavy atom. The van der Waals surface area contributed by atoms with E-state index in [1.807, 2.05) is 30.6 Å². The minimum Gasteiger partial charge on any atom is -0.469 e. The maximum Gasteiger partial charge on any atom is 0.320 e. The Kier molecular flexibility index (Phi) is 9.59. The van der Waals surface area contributed by atoms with Crippen LogP contribution in [0.1, 0.15) is 65.7 Å². The van der Waals surface area contributed by atoms with Gasteiger partial charge in [-0.15, -0.1) is 0 Å². The minimum atomic E-state index is -0.434. The van der Waals surface area contributed by atoms with Gasteiger partial charge in [0.05, 0.1) is 13.0 Å². The number of nitrogens with zero attached hydrogens (tertiary/aromatic N) is 4. The van der Waals surface area contributed by atoms with E-state index < -0.39 is 5.60 Å². The third-order valence-corrected chi connectivity index (χ3v) is 7.24. The fourth-order valence-corrected chi connectivity index (χ4v) is 5.19. The predicted octanol–water partition coefficient (Wildman–Crippen LogP) is 2.75. The summed E-state index contributed by atoms with van der Waals surface area (Å²) >= 11 is 0. The quantitative estimate of drug-likeness (QED) is 0.541. The van der Waals surface area contributed by atoms with Crippen LogP contribution in [0.15, 0.2) is 0 Å². The van der Waals surface area contributed by atoms with E-state index in [1.165, 1.54) is 7.11 Å². The highest BCUT2D eigenvalue weighted by Gasteiger charge is 2.33. The van der Waals surface area contributed by atoms with E-state index in [-0.39, 0.29) is 23.9 Å². The van der Waals surface area contributed by atoms with Crippen LogP contribution in [0.4, 0.5) is 4.79 Å². The molecule has 9 nitrogen and oxygen atoms in total. The van der Waals surface area contributed by atoms with Crippen LogP contribution in [0.5, 0.6) is 0 Å². The van der Waals surface area contributed by atoms with Crippen LogP contribution in [0.3, 0.4) is 0 Å². The fraction of sp³-hybridized carbons (Fsp3) is 0.880. The SMILES string of the molecule is COC(=O)CCCC1CCN(C(=O)N2CCN(N3CCC(C(=O)OC(C)(C)C)CC3)CC2)CC1. The summed E-state index contributed by atoms with van der Waals surface area (Å²) in [6, 6.07) is 0.163. The molecule has 0 aromatic carbocycles.